The van der Waals surface area contributed by atoms with Crippen molar-refractivity contribution in [2.75, 3.05) is 32.0 Å². The SMILES string of the molecule is Nc1ccc(CN2CCOCC2)cc1C(=O)[O-].[Li+]. The molecule has 0 aromatic heterocycles. The molecule has 6 heteroatoms. The van der Waals surface area contributed by atoms with Crippen molar-refractivity contribution in [3.63, 3.8) is 0 Å². The van der Waals surface area contributed by atoms with Crippen LogP contribution < -0.4 is 29.7 Å². The van der Waals surface area contributed by atoms with Gasteiger partial charge in [0, 0.05) is 30.9 Å². The number of morpholine rings is 1. The van der Waals surface area contributed by atoms with Gasteiger partial charge in [0.25, 0.3) is 0 Å². The van der Waals surface area contributed by atoms with Gasteiger partial charge in [-0.1, -0.05) is 6.07 Å². The Labute approximate surface area is 118 Å². The summed E-state index contributed by atoms with van der Waals surface area (Å²) in [4.78, 5) is 13.1. The normalized spacial score (nSPS) is 16.0. The standard InChI is InChI=1S/C12H16N2O3.Li/c13-11-2-1-9(7-10(11)12(15)16)8-14-3-5-17-6-4-14;/h1-2,7H,3-6,8,13H2,(H,15,16);/q;+1/p-1. The molecule has 0 saturated carbocycles. The van der Waals surface area contributed by atoms with Gasteiger partial charge in [-0.05, 0) is 17.7 Å². The van der Waals surface area contributed by atoms with Crippen LogP contribution in [0.15, 0.2) is 18.2 Å². The van der Waals surface area contributed by atoms with Crippen molar-refractivity contribution < 1.29 is 33.5 Å². The van der Waals surface area contributed by atoms with Crippen LogP contribution >= 0.6 is 0 Å². The second-order valence-electron chi connectivity index (χ2n) is 4.10. The Balaban J connectivity index is 0.00000162. The predicted octanol–water partition coefficient (Wildman–Crippen LogP) is -3.53. The summed E-state index contributed by atoms with van der Waals surface area (Å²) < 4.78 is 5.25. The van der Waals surface area contributed by atoms with Crippen LogP contribution in [-0.4, -0.2) is 37.2 Å². The molecular weight excluding hydrogens is 227 g/mol. The average Bonchev–Trinajstić information content (AvgIpc) is 2.32. The van der Waals surface area contributed by atoms with E-state index in [2.05, 4.69) is 4.90 Å². The Kier molecular flexibility index (Phi) is 5.70. The first-order valence-corrected chi connectivity index (χ1v) is 5.56. The number of hydrogen-bond acceptors (Lipinski definition) is 5. The van der Waals surface area contributed by atoms with Crippen LogP contribution in [-0.2, 0) is 11.3 Å². The summed E-state index contributed by atoms with van der Waals surface area (Å²) in [5, 5.41) is 10.8. The van der Waals surface area contributed by atoms with Crippen molar-refractivity contribution >= 4 is 11.7 Å². The van der Waals surface area contributed by atoms with Gasteiger partial charge in [-0.2, -0.15) is 0 Å². The zero-order valence-corrected chi connectivity index (χ0v) is 10.5. The predicted molar refractivity (Wildman–Crippen MR) is 61.3 cm³/mol. The zero-order valence-electron chi connectivity index (χ0n) is 10.5. The average molecular weight is 242 g/mol. The number of carbonyl (C=O) groups excluding carboxylic acids is 1. The van der Waals surface area contributed by atoms with Gasteiger partial charge in [0.15, 0.2) is 0 Å². The number of carboxylic acid groups (broad SMARTS) is 1. The molecule has 0 atom stereocenters. The van der Waals surface area contributed by atoms with Crippen LogP contribution in [0.2, 0.25) is 0 Å². The minimum atomic E-state index is -1.23. The molecule has 1 fully saturated rings. The largest absolute Gasteiger partial charge is 1.00 e. The molecule has 0 aliphatic carbocycles. The number of carboxylic acids is 1. The quantitative estimate of drug-likeness (QED) is 0.439. The first kappa shape index (κ1) is 15.1. The number of ether oxygens (including phenoxy) is 1. The minimum Gasteiger partial charge on any atom is -0.545 e. The fraction of sp³-hybridized carbons (Fsp3) is 0.417. The van der Waals surface area contributed by atoms with Crippen molar-refractivity contribution in [1.29, 1.82) is 0 Å². The number of benzene rings is 1. The van der Waals surface area contributed by atoms with Crippen LogP contribution in [0.25, 0.3) is 0 Å². The van der Waals surface area contributed by atoms with Gasteiger partial charge in [-0.15, -0.1) is 0 Å². The molecule has 0 unspecified atom stereocenters. The minimum absolute atomic E-state index is 0. The topological polar surface area (TPSA) is 78.6 Å². The van der Waals surface area contributed by atoms with E-state index in [1.165, 1.54) is 0 Å². The molecule has 0 radical (unpaired) electrons. The van der Waals surface area contributed by atoms with Crippen molar-refractivity contribution in [2.45, 2.75) is 6.54 Å². The number of nitrogen functional groups attached to an aromatic ring is 1. The summed E-state index contributed by atoms with van der Waals surface area (Å²) in [7, 11) is 0. The van der Waals surface area contributed by atoms with Gasteiger partial charge in [-0.25, -0.2) is 0 Å². The summed E-state index contributed by atoms with van der Waals surface area (Å²) in [6, 6.07) is 5.04. The van der Waals surface area contributed by atoms with Crippen molar-refractivity contribution in [3.8, 4) is 0 Å². The smallest absolute Gasteiger partial charge is 0.545 e. The number of nitrogens with zero attached hydrogens (tertiary/aromatic N) is 1. The Morgan fingerprint density at radius 3 is 2.67 bits per heavy atom. The van der Waals surface area contributed by atoms with Gasteiger partial charge < -0.3 is 20.4 Å². The van der Waals surface area contributed by atoms with Crippen molar-refractivity contribution in [1.82, 2.24) is 4.90 Å². The van der Waals surface area contributed by atoms with Crippen LogP contribution in [0.3, 0.4) is 0 Å². The Hall–Kier alpha value is -0.993. The van der Waals surface area contributed by atoms with E-state index in [1.807, 2.05) is 6.07 Å². The molecule has 1 aliphatic heterocycles. The molecule has 1 aromatic carbocycles. The molecule has 2 rings (SSSR count). The van der Waals surface area contributed by atoms with Gasteiger partial charge in [0.1, 0.15) is 0 Å². The molecule has 1 aliphatic rings. The van der Waals surface area contributed by atoms with Gasteiger partial charge >= 0.3 is 18.9 Å². The summed E-state index contributed by atoms with van der Waals surface area (Å²) in [5.74, 6) is -1.23. The monoisotopic (exact) mass is 242 g/mol. The fourth-order valence-corrected chi connectivity index (χ4v) is 1.90. The van der Waals surface area contributed by atoms with E-state index in [4.69, 9.17) is 10.5 Å². The van der Waals surface area contributed by atoms with Crippen LogP contribution in [0.1, 0.15) is 15.9 Å². The molecule has 0 amide bonds. The summed E-state index contributed by atoms with van der Waals surface area (Å²) in [6.07, 6.45) is 0. The zero-order chi connectivity index (χ0) is 12.3. The third-order valence-electron chi connectivity index (χ3n) is 2.85. The van der Waals surface area contributed by atoms with E-state index < -0.39 is 5.97 Å². The summed E-state index contributed by atoms with van der Waals surface area (Å²) in [6.45, 7) is 3.89. The molecule has 1 saturated heterocycles. The van der Waals surface area contributed by atoms with Gasteiger partial charge in [-0.3, -0.25) is 4.90 Å². The Morgan fingerprint density at radius 1 is 1.39 bits per heavy atom. The molecule has 0 spiro atoms. The number of nitrogens with two attached hydrogens (primary N) is 1. The number of hydrogen-bond donors (Lipinski definition) is 1. The molecule has 1 heterocycles. The maximum Gasteiger partial charge on any atom is 1.00 e. The van der Waals surface area contributed by atoms with E-state index in [9.17, 15) is 9.90 Å². The second-order valence-corrected chi connectivity index (χ2v) is 4.10. The molecule has 1 aromatic rings. The van der Waals surface area contributed by atoms with E-state index in [1.54, 1.807) is 12.1 Å². The van der Waals surface area contributed by atoms with E-state index >= 15 is 0 Å². The summed E-state index contributed by atoms with van der Waals surface area (Å²) >= 11 is 0. The van der Waals surface area contributed by atoms with Crippen molar-refractivity contribution in [3.05, 3.63) is 29.3 Å². The molecule has 2 N–H and O–H groups in total. The van der Waals surface area contributed by atoms with Crippen LogP contribution in [0.5, 0.6) is 0 Å². The summed E-state index contributed by atoms with van der Waals surface area (Å²) in [5.41, 5.74) is 6.81. The first-order chi connectivity index (χ1) is 8.16. The Bertz CT molecular complexity index is 420. The molecule has 18 heavy (non-hydrogen) atoms. The van der Waals surface area contributed by atoms with E-state index in [0.717, 1.165) is 31.9 Å². The maximum atomic E-state index is 10.8. The van der Waals surface area contributed by atoms with Crippen LogP contribution in [0, 0.1) is 0 Å². The number of carbonyl (C=O) groups is 1. The molecular formula is C12H15LiN2O3. The molecule has 5 nitrogen and oxygen atoms in total. The van der Waals surface area contributed by atoms with Gasteiger partial charge in [0.05, 0.1) is 19.2 Å². The molecule has 0 bridgehead atoms. The second kappa shape index (κ2) is 6.81. The third kappa shape index (κ3) is 3.75. The van der Waals surface area contributed by atoms with Crippen molar-refractivity contribution in [2.24, 2.45) is 0 Å². The van der Waals surface area contributed by atoms with Crippen LogP contribution in [0.4, 0.5) is 5.69 Å². The van der Waals surface area contributed by atoms with Gasteiger partial charge in [0.2, 0.25) is 0 Å². The Morgan fingerprint density at radius 2 is 2.06 bits per heavy atom. The first-order valence-electron chi connectivity index (χ1n) is 5.56. The number of aromatic carboxylic acids is 1. The maximum absolute atomic E-state index is 10.8. The van der Waals surface area contributed by atoms with E-state index in [-0.39, 0.29) is 30.1 Å². The molecule has 92 valence electrons. The number of rotatable bonds is 3. The van der Waals surface area contributed by atoms with E-state index in [0.29, 0.717) is 6.54 Å². The fourth-order valence-electron chi connectivity index (χ4n) is 1.90. The number of anilines is 1. The third-order valence-corrected chi connectivity index (χ3v) is 2.85.